The quantitative estimate of drug-likeness (QED) is 0.504. The molecule has 0 aliphatic carbocycles. The molecule has 0 heterocycles. The van der Waals surface area contributed by atoms with Crippen molar-refractivity contribution in [1.29, 1.82) is 0 Å². The Balaban J connectivity index is 1.45. The third-order valence-electron chi connectivity index (χ3n) is 4.33. The third-order valence-corrected chi connectivity index (χ3v) is 4.33. The fourth-order valence-corrected chi connectivity index (χ4v) is 2.75. The fourth-order valence-electron chi connectivity index (χ4n) is 2.75. The zero-order chi connectivity index (χ0) is 17.7. The number of ether oxygens (including phenoxy) is 3. The largest absolute Gasteiger partial charge is 0.497 e. The minimum atomic E-state index is 0.860. The van der Waals surface area contributed by atoms with Crippen molar-refractivity contribution in [2.45, 2.75) is 38.5 Å². The maximum atomic E-state index is 5.74. The minimum absolute atomic E-state index is 0.860. The van der Waals surface area contributed by atoms with E-state index in [1.165, 1.54) is 11.1 Å². The molecule has 25 heavy (non-hydrogen) atoms. The van der Waals surface area contributed by atoms with Crippen LogP contribution in [0.1, 0.15) is 36.8 Å². The summed E-state index contributed by atoms with van der Waals surface area (Å²) in [7, 11) is 3.40. The van der Waals surface area contributed by atoms with Gasteiger partial charge in [0.25, 0.3) is 0 Å². The van der Waals surface area contributed by atoms with E-state index in [1.54, 1.807) is 14.2 Å². The van der Waals surface area contributed by atoms with Crippen LogP contribution in [0.4, 0.5) is 0 Å². The highest BCUT2D eigenvalue weighted by atomic mass is 16.5. The molecule has 0 fully saturated rings. The van der Waals surface area contributed by atoms with Crippen LogP contribution >= 0.6 is 0 Å². The van der Waals surface area contributed by atoms with E-state index in [-0.39, 0.29) is 0 Å². The summed E-state index contributed by atoms with van der Waals surface area (Å²) >= 11 is 0. The van der Waals surface area contributed by atoms with Crippen LogP contribution in [0, 0.1) is 0 Å². The van der Waals surface area contributed by atoms with Gasteiger partial charge in [-0.25, -0.2) is 0 Å². The first kappa shape index (κ1) is 19.3. The van der Waals surface area contributed by atoms with Gasteiger partial charge in [-0.3, -0.25) is 0 Å². The van der Waals surface area contributed by atoms with E-state index in [0.29, 0.717) is 0 Å². The second kappa shape index (κ2) is 11.5. The molecule has 0 radical (unpaired) electrons. The Morgan fingerprint density at radius 2 is 0.960 bits per heavy atom. The van der Waals surface area contributed by atoms with Crippen molar-refractivity contribution >= 4 is 0 Å². The molecule has 0 spiro atoms. The number of unbranched alkanes of at least 4 members (excludes halogenated alkanes) is 2. The number of hydrogen-bond acceptors (Lipinski definition) is 3. The van der Waals surface area contributed by atoms with Gasteiger partial charge in [0, 0.05) is 13.2 Å². The molecule has 136 valence electrons. The van der Waals surface area contributed by atoms with Crippen LogP contribution in [0.25, 0.3) is 0 Å². The molecule has 0 aromatic heterocycles. The lowest BCUT2D eigenvalue weighted by atomic mass is 10.1. The van der Waals surface area contributed by atoms with Crippen LogP contribution in [0.5, 0.6) is 11.5 Å². The van der Waals surface area contributed by atoms with Crippen LogP contribution in [-0.2, 0) is 17.6 Å². The highest BCUT2D eigenvalue weighted by Crippen LogP contribution is 2.14. The topological polar surface area (TPSA) is 27.7 Å². The van der Waals surface area contributed by atoms with Crippen molar-refractivity contribution in [3.8, 4) is 11.5 Å². The molecule has 0 saturated heterocycles. The zero-order valence-corrected chi connectivity index (χ0v) is 15.5. The van der Waals surface area contributed by atoms with Gasteiger partial charge in [0.05, 0.1) is 14.2 Å². The SMILES string of the molecule is COc1ccc(CCCCOCCCCc2ccc(OC)cc2)cc1. The molecule has 2 rings (SSSR count). The van der Waals surface area contributed by atoms with Gasteiger partial charge >= 0.3 is 0 Å². The summed E-state index contributed by atoms with van der Waals surface area (Å²) in [5.74, 6) is 1.84. The van der Waals surface area contributed by atoms with Gasteiger partial charge in [-0.05, 0) is 73.9 Å². The molecule has 0 atom stereocenters. The van der Waals surface area contributed by atoms with E-state index in [4.69, 9.17) is 14.2 Å². The van der Waals surface area contributed by atoms with Crippen LogP contribution in [0.2, 0.25) is 0 Å². The summed E-state index contributed by atoms with van der Waals surface area (Å²) in [5.41, 5.74) is 2.72. The lowest BCUT2D eigenvalue weighted by molar-refractivity contribution is 0.127. The van der Waals surface area contributed by atoms with Crippen LogP contribution in [0.15, 0.2) is 48.5 Å². The zero-order valence-electron chi connectivity index (χ0n) is 15.5. The Labute approximate surface area is 151 Å². The molecule has 0 unspecified atom stereocenters. The van der Waals surface area contributed by atoms with Gasteiger partial charge < -0.3 is 14.2 Å². The Morgan fingerprint density at radius 3 is 1.32 bits per heavy atom. The maximum Gasteiger partial charge on any atom is 0.118 e. The van der Waals surface area contributed by atoms with Crippen molar-refractivity contribution < 1.29 is 14.2 Å². The van der Waals surface area contributed by atoms with Gasteiger partial charge in [-0.15, -0.1) is 0 Å². The number of aryl methyl sites for hydroxylation is 2. The van der Waals surface area contributed by atoms with Crippen LogP contribution < -0.4 is 9.47 Å². The second-order valence-electron chi connectivity index (χ2n) is 6.22. The predicted octanol–water partition coefficient (Wildman–Crippen LogP) is 5.07. The van der Waals surface area contributed by atoms with E-state index < -0.39 is 0 Å². The highest BCUT2D eigenvalue weighted by molar-refractivity contribution is 5.27. The van der Waals surface area contributed by atoms with Crippen molar-refractivity contribution in [2.75, 3.05) is 27.4 Å². The molecule has 2 aromatic rings. The second-order valence-corrected chi connectivity index (χ2v) is 6.22. The first-order valence-corrected chi connectivity index (χ1v) is 9.15. The van der Waals surface area contributed by atoms with E-state index in [2.05, 4.69) is 24.3 Å². The molecule has 3 heteroatoms. The van der Waals surface area contributed by atoms with E-state index in [1.807, 2.05) is 24.3 Å². The lowest BCUT2D eigenvalue weighted by Gasteiger charge is -2.06. The number of hydrogen-bond donors (Lipinski definition) is 0. The number of benzene rings is 2. The van der Waals surface area contributed by atoms with Crippen LogP contribution in [-0.4, -0.2) is 27.4 Å². The van der Waals surface area contributed by atoms with Gasteiger partial charge in [-0.2, -0.15) is 0 Å². The molecule has 0 bridgehead atoms. The molecule has 3 nitrogen and oxygen atoms in total. The normalized spacial score (nSPS) is 10.6. The number of methoxy groups -OCH3 is 2. The Bertz CT molecular complexity index is 522. The Kier molecular flexibility index (Phi) is 8.92. The lowest BCUT2D eigenvalue weighted by Crippen LogP contribution is -1.99. The third kappa shape index (κ3) is 7.61. The summed E-state index contributed by atoms with van der Waals surface area (Å²) in [4.78, 5) is 0. The molecule has 0 saturated carbocycles. The standard InChI is InChI=1S/C22H30O3/c1-23-21-13-9-19(10-14-21)7-3-5-17-25-18-6-4-8-20-11-15-22(24-2)16-12-20/h9-16H,3-8,17-18H2,1-2H3. The summed E-state index contributed by atoms with van der Waals surface area (Å²) in [6, 6.07) is 16.6. The fraction of sp³-hybridized carbons (Fsp3) is 0.455. The highest BCUT2D eigenvalue weighted by Gasteiger charge is 1.97. The predicted molar refractivity (Wildman–Crippen MR) is 103 cm³/mol. The van der Waals surface area contributed by atoms with Gasteiger partial charge in [-0.1, -0.05) is 24.3 Å². The van der Waals surface area contributed by atoms with Gasteiger partial charge in [0.15, 0.2) is 0 Å². The Hall–Kier alpha value is -2.00. The minimum Gasteiger partial charge on any atom is -0.497 e. The molecular weight excluding hydrogens is 312 g/mol. The molecule has 0 aliphatic heterocycles. The first-order chi connectivity index (χ1) is 12.3. The van der Waals surface area contributed by atoms with E-state index >= 15 is 0 Å². The van der Waals surface area contributed by atoms with Gasteiger partial charge in [0.1, 0.15) is 11.5 Å². The Morgan fingerprint density at radius 1 is 0.560 bits per heavy atom. The number of rotatable bonds is 12. The average molecular weight is 342 g/mol. The first-order valence-electron chi connectivity index (χ1n) is 9.15. The summed E-state index contributed by atoms with van der Waals surface area (Å²) < 4.78 is 16.1. The molecular formula is C22H30O3. The molecule has 0 N–H and O–H groups in total. The average Bonchev–Trinajstić information content (AvgIpc) is 2.67. The van der Waals surface area contributed by atoms with E-state index in [0.717, 1.165) is 63.2 Å². The summed E-state index contributed by atoms with van der Waals surface area (Å²) in [5, 5.41) is 0. The van der Waals surface area contributed by atoms with Crippen molar-refractivity contribution in [3.63, 3.8) is 0 Å². The van der Waals surface area contributed by atoms with Crippen molar-refractivity contribution in [3.05, 3.63) is 59.7 Å². The van der Waals surface area contributed by atoms with Crippen molar-refractivity contribution in [2.24, 2.45) is 0 Å². The molecule has 2 aromatic carbocycles. The maximum absolute atomic E-state index is 5.74. The van der Waals surface area contributed by atoms with Crippen molar-refractivity contribution in [1.82, 2.24) is 0 Å². The van der Waals surface area contributed by atoms with E-state index in [9.17, 15) is 0 Å². The van der Waals surface area contributed by atoms with Crippen LogP contribution in [0.3, 0.4) is 0 Å². The summed E-state index contributed by atoms with van der Waals surface area (Å²) in [6.07, 6.45) is 6.76. The smallest absolute Gasteiger partial charge is 0.118 e. The molecule has 0 amide bonds. The van der Waals surface area contributed by atoms with Gasteiger partial charge in [0.2, 0.25) is 0 Å². The summed E-state index contributed by atoms with van der Waals surface area (Å²) in [6.45, 7) is 1.72. The monoisotopic (exact) mass is 342 g/mol. The molecule has 0 aliphatic rings.